The number of carbonyl (C=O) groups excluding carboxylic acids is 1. The fraction of sp³-hybridized carbons (Fsp3) is 0.500. The van der Waals surface area contributed by atoms with Gasteiger partial charge in [-0.15, -0.1) is 0 Å². The molecule has 1 aliphatic heterocycles. The van der Waals surface area contributed by atoms with Crippen LogP contribution in [0.1, 0.15) is 12.8 Å². The molecule has 0 aromatic carbocycles. The zero-order valence-corrected chi connectivity index (χ0v) is 8.80. The molecule has 2 heterocycles. The molecule has 2 rings (SSSR count). The first-order valence-corrected chi connectivity index (χ1v) is 5.22. The highest BCUT2D eigenvalue weighted by Gasteiger charge is 2.29. The summed E-state index contributed by atoms with van der Waals surface area (Å²) >= 11 is 0. The molecule has 2 atom stereocenters. The van der Waals surface area contributed by atoms with Gasteiger partial charge in [0.05, 0.1) is 12.3 Å². The topological polar surface area (TPSA) is 90.1 Å². The summed E-state index contributed by atoms with van der Waals surface area (Å²) in [6.07, 6.45) is 5.67. The molecule has 0 aliphatic carbocycles. The summed E-state index contributed by atoms with van der Waals surface area (Å²) in [7, 11) is 0. The molecule has 16 heavy (non-hydrogen) atoms. The van der Waals surface area contributed by atoms with E-state index in [4.69, 9.17) is 10.5 Å². The molecule has 6 heteroatoms. The molecule has 3 N–H and O–H groups in total. The van der Waals surface area contributed by atoms with E-state index in [-0.39, 0.29) is 12.0 Å². The van der Waals surface area contributed by atoms with Gasteiger partial charge >= 0.3 is 0 Å². The van der Waals surface area contributed by atoms with Crippen molar-refractivity contribution in [1.29, 1.82) is 0 Å². The van der Waals surface area contributed by atoms with E-state index in [1.165, 1.54) is 12.4 Å². The minimum Gasteiger partial charge on any atom is -0.364 e. The maximum Gasteiger partial charge on any atom is 0.254 e. The summed E-state index contributed by atoms with van der Waals surface area (Å²) in [4.78, 5) is 19.5. The van der Waals surface area contributed by atoms with Gasteiger partial charge in [0.25, 0.3) is 5.91 Å². The molecule has 2 unspecified atom stereocenters. The molecular weight excluding hydrogens is 208 g/mol. The largest absolute Gasteiger partial charge is 0.364 e. The number of hydrogen-bond donors (Lipinski definition) is 2. The maximum atomic E-state index is 11.7. The summed E-state index contributed by atoms with van der Waals surface area (Å²) in [6.45, 7) is 0.453. The highest BCUT2D eigenvalue weighted by Crippen LogP contribution is 2.19. The predicted octanol–water partition coefficient (Wildman–Crippen LogP) is -0.0786. The number of anilines is 1. The van der Waals surface area contributed by atoms with Crippen molar-refractivity contribution in [1.82, 2.24) is 9.97 Å². The minimum absolute atomic E-state index is 0.00222. The van der Waals surface area contributed by atoms with Gasteiger partial charge in [0.15, 0.2) is 5.82 Å². The number of nitrogens with zero attached hydrogens (tertiary/aromatic N) is 2. The Labute approximate surface area is 93.2 Å². The van der Waals surface area contributed by atoms with E-state index in [9.17, 15) is 4.79 Å². The Balaban J connectivity index is 1.90. The Morgan fingerprint density at radius 3 is 3.06 bits per heavy atom. The molecule has 1 aromatic heterocycles. The Bertz CT molecular complexity index is 357. The smallest absolute Gasteiger partial charge is 0.254 e. The van der Waals surface area contributed by atoms with E-state index >= 15 is 0 Å². The zero-order valence-electron chi connectivity index (χ0n) is 8.80. The first kappa shape index (κ1) is 11.0. The lowest BCUT2D eigenvalue weighted by atomic mass is 10.2. The average Bonchev–Trinajstić information content (AvgIpc) is 2.79. The number of ether oxygens (including phenoxy) is 1. The lowest BCUT2D eigenvalue weighted by Gasteiger charge is -2.11. The van der Waals surface area contributed by atoms with Gasteiger partial charge < -0.3 is 15.8 Å². The first-order valence-electron chi connectivity index (χ1n) is 5.22. The number of nitrogens with one attached hydrogen (secondary N) is 1. The third kappa shape index (κ3) is 2.53. The molecule has 6 nitrogen and oxygen atoms in total. The second kappa shape index (κ2) is 5.00. The summed E-state index contributed by atoms with van der Waals surface area (Å²) < 4.78 is 5.46. The van der Waals surface area contributed by atoms with Gasteiger partial charge in [-0.1, -0.05) is 0 Å². The zero-order chi connectivity index (χ0) is 11.4. The Hall–Kier alpha value is -1.53. The van der Waals surface area contributed by atoms with E-state index < -0.39 is 6.10 Å². The quantitative estimate of drug-likeness (QED) is 0.746. The maximum absolute atomic E-state index is 11.7. The molecule has 1 fully saturated rings. The predicted molar refractivity (Wildman–Crippen MR) is 57.6 cm³/mol. The van der Waals surface area contributed by atoms with Crippen molar-refractivity contribution in [2.45, 2.75) is 25.0 Å². The lowest BCUT2D eigenvalue weighted by Crippen LogP contribution is -2.30. The van der Waals surface area contributed by atoms with Crippen molar-refractivity contribution in [3.63, 3.8) is 0 Å². The third-order valence-electron chi connectivity index (χ3n) is 2.48. The van der Waals surface area contributed by atoms with Crippen LogP contribution in [0.2, 0.25) is 0 Å². The van der Waals surface area contributed by atoms with Crippen LogP contribution < -0.4 is 11.1 Å². The van der Waals surface area contributed by atoms with E-state index in [1.807, 2.05) is 0 Å². The molecule has 0 spiro atoms. The average molecular weight is 222 g/mol. The van der Waals surface area contributed by atoms with E-state index in [0.29, 0.717) is 18.8 Å². The molecule has 0 saturated carbocycles. The second-order valence-corrected chi connectivity index (χ2v) is 3.64. The summed E-state index contributed by atoms with van der Waals surface area (Å²) in [5.41, 5.74) is 5.47. The molecule has 0 bridgehead atoms. The summed E-state index contributed by atoms with van der Waals surface area (Å²) in [5, 5.41) is 2.65. The van der Waals surface area contributed by atoms with Crippen molar-refractivity contribution in [3.8, 4) is 0 Å². The van der Waals surface area contributed by atoms with E-state index in [1.54, 1.807) is 6.20 Å². The molecule has 86 valence electrons. The minimum atomic E-state index is -0.421. The first-order chi connectivity index (χ1) is 7.79. The Morgan fingerprint density at radius 2 is 2.44 bits per heavy atom. The van der Waals surface area contributed by atoms with Crippen LogP contribution in [0.15, 0.2) is 18.6 Å². The third-order valence-corrected chi connectivity index (χ3v) is 2.48. The number of carbonyl (C=O) groups is 1. The molecular formula is C10H14N4O2. The van der Waals surface area contributed by atoms with E-state index in [2.05, 4.69) is 15.3 Å². The van der Waals surface area contributed by atoms with E-state index in [0.717, 1.165) is 6.42 Å². The molecule has 1 aliphatic rings. The van der Waals surface area contributed by atoms with Crippen molar-refractivity contribution < 1.29 is 9.53 Å². The van der Waals surface area contributed by atoms with Crippen molar-refractivity contribution >= 4 is 11.7 Å². The van der Waals surface area contributed by atoms with Crippen LogP contribution in [-0.2, 0) is 9.53 Å². The van der Waals surface area contributed by atoms with Crippen LogP contribution in [0.4, 0.5) is 5.82 Å². The van der Waals surface area contributed by atoms with Gasteiger partial charge in [0.1, 0.15) is 6.10 Å². The van der Waals surface area contributed by atoms with Gasteiger partial charge in [-0.2, -0.15) is 0 Å². The van der Waals surface area contributed by atoms with Gasteiger partial charge in [0, 0.05) is 18.9 Å². The number of amides is 1. The number of rotatable bonds is 3. The Morgan fingerprint density at radius 1 is 1.56 bits per heavy atom. The van der Waals surface area contributed by atoms with Gasteiger partial charge in [-0.25, -0.2) is 4.98 Å². The monoisotopic (exact) mass is 222 g/mol. The van der Waals surface area contributed by atoms with Crippen LogP contribution in [-0.4, -0.2) is 34.6 Å². The highest BCUT2D eigenvalue weighted by atomic mass is 16.5. The lowest BCUT2D eigenvalue weighted by molar-refractivity contribution is -0.126. The fourth-order valence-corrected chi connectivity index (χ4v) is 1.64. The van der Waals surface area contributed by atoms with Crippen LogP contribution in [0.3, 0.4) is 0 Å². The van der Waals surface area contributed by atoms with Crippen LogP contribution in [0.5, 0.6) is 0 Å². The molecule has 0 radical (unpaired) electrons. The van der Waals surface area contributed by atoms with Gasteiger partial charge in [-0.3, -0.25) is 9.78 Å². The number of nitrogens with two attached hydrogens (primary N) is 1. The SMILES string of the molecule is NCC1CCC(C(=O)Nc2cnccn2)O1. The fourth-order valence-electron chi connectivity index (χ4n) is 1.64. The molecule has 1 saturated heterocycles. The molecule has 1 amide bonds. The van der Waals surface area contributed by atoms with Crippen molar-refractivity contribution in [2.75, 3.05) is 11.9 Å². The van der Waals surface area contributed by atoms with Crippen LogP contribution in [0, 0.1) is 0 Å². The molecule has 1 aromatic rings. The Kier molecular flexibility index (Phi) is 3.43. The number of aromatic nitrogens is 2. The highest BCUT2D eigenvalue weighted by molar-refractivity contribution is 5.93. The van der Waals surface area contributed by atoms with Crippen molar-refractivity contribution in [2.24, 2.45) is 5.73 Å². The second-order valence-electron chi connectivity index (χ2n) is 3.64. The van der Waals surface area contributed by atoms with Crippen LogP contribution in [0.25, 0.3) is 0 Å². The summed E-state index contributed by atoms with van der Waals surface area (Å²) in [5.74, 6) is 0.253. The van der Waals surface area contributed by atoms with Crippen LogP contribution >= 0.6 is 0 Å². The normalized spacial score (nSPS) is 24.3. The summed E-state index contributed by atoms with van der Waals surface area (Å²) in [6, 6.07) is 0. The number of hydrogen-bond acceptors (Lipinski definition) is 5. The van der Waals surface area contributed by atoms with Gasteiger partial charge in [-0.05, 0) is 12.8 Å². The van der Waals surface area contributed by atoms with Gasteiger partial charge in [0.2, 0.25) is 0 Å². The standard InChI is InChI=1S/C10H14N4O2/c11-5-7-1-2-8(16-7)10(15)14-9-6-12-3-4-13-9/h3-4,6-8H,1-2,5,11H2,(H,13,14,15). The van der Waals surface area contributed by atoms with Crippen molar-refractivity contribution in [3.05, 3.63) is 18.6 Å².